The van der Waals surface area contributed by atoms with E-state index in [4.69, 9.17) is 4.74 Å². The van der Waals surface area contributed by atoms with Gasteiger partial charge in [-0.3, -0.25) is 9.59 Å². The highest BCUT2D eigenvalue weighted by atomic mass is 32.2. The number of benzene rings is 1. The van der Waals surface area contributed by atoms with E-state index in [-0.39, 0.29) is 29.4 Å². The predicted molar refractivity (Wildman–Crippen MR) is 130 cm³/mol. The number of thiophene rings is 1. The van der Waals surface area contributed by atoms with E-state index in [2.05, 4.69) is 17.6 Å². The van der Waals surface area contributed by atoms with Gasteiger partial charge in [0.2, 0.25) is 0 Å². The third-order valence-corrected chi connectivity index (χ3v) is 9.05. The predicted octanol–water partition coefficient (Wildman–Crippen LogP) is 3.98. The maximum absolute atomic E-state index is 13.2. The molecule has 33 heavy (non-hydrogen) atoms. The Morgan fingerprint density at radius 3 is 2.58 bits per heavy atom. The van der Waals surface area contributed by atoms with Gasteiger partial charge in [0.05, 0.1) is 23.7 Å². The highest BCUT2D eigenvalue weighted by Gasteiger charge is 2.32. The first-order valence-electron chi connectivity index (χ1n) is 11.6. The van der Waals surface area contributed by atoms with E-state index in [1.165, 1.54) is 11.3 Å². The van der Waals surface area contributed by atoms with Gasteiger partial charge in [0.1, 0.15) is 10.8 Å². The van der Waals surface area contributed by atoms with Gasteiger partial charge in [0, 0.05) is 16.5 Å². The second kappa shape index (κ2) is 10.3. The summed E-state index contributed by atoms with van der Waals surface area (Å²) < 4.78 is 29.2. The summed E-state index contributed by atoms with van der Waals surface area (Å²) in [5.74, 6) is 0.205. The molecule has 0 bridgehead atoms. The third kappa shape index (κ3) is 5.76. The van der Waals surface area contributed by atoms with Gasteiger partial charge < -0.3 is 15.4 Å². The number of nitrogens with one attached hydrogen (secondary N) is 2. The minimum atomic E-state index is -3.10. The second-order valence-corrected chi connectivity index (χ2v) is 12.0. The topological polar surface area (TPSA) is 102 Å². The molecule has 1 aliphatic heterocycles. The molecule has 1 aromatic heterocycles. The zero-order chi connectivity index (χ0) is 23.4. The fourth-order valence-corrected chi connectivity index (χ4v) is 7.23. The van der Waals surface area contributed by atoms with Crippen LogP contribution in [0.25, 0.3) is 0 Å². The lowest BCUT2D eigenvalue weighted by Crippen LogP contribution is -2.36. The van der Waals surface area contributed by atoms with E-state index in [0.717, 1.165) is 54.7 Å². The summed E-state index contributed by atoms with van der Waals surface area (Å²) in [6.07, 6.45) is 6.18. The Labute approximate surface area is 198 Å². The van der Waals surface area contributed by atoms with Crippen molar-refractivity contribution in [1.29, 1.82) is 0 Å². The largest absolute Gasteiger partial charge is 0.494 e. The highest BCUT2D eigenvalue weighted by molar-refractivity contribution is 7.91. The van der Waals surface area contributed by atoms with Crippen LogP contribution < -0.4 is 15.4 Å². The normalized spacial score (nSPS) is 19.0. The molecule has 9 heteroatoms. The van der Waals surface area contributed by atoms with E-state index in [9.17, 15) is 18.0 Å². The number of rotatable bonds is 8. The first-order chi connectivity index (χ1) is 15.9. The quantitative estimate of drug-likeness (QED) is 0.545. The highest BCUT2D eigenvalue weighted by Crippen LogP contribution is 2.38. The molecule has 2 aliphatic rings. The van der Waals surface area contributed by atoms with E-state index < -0.39 is 9.84 Å². The number of carbonyl (C=O) groups excluding carboxylic acids is 2. The fourth-order valence-electron chi connectivity index (χ4n) is 4.27. The second-order valence-electron chi connectivity index (χ2n) is 8.67. The minimum Gasteiger partial charge on any atom is -0.494 e. The zero-order valence-electron chi connectivity index (χ0n) is 18.8. The summed E-state index contributed by atoms with van der Waals surface area (Å²) in [6.45, 7) is 2.74. The first-order valence-corrected chi connectivity index (χ1v) is 14.2. The van der Waals surface area contributed by atoms with Gasteiger partial charge in [0.15, 0.2) is 9.84 Å². The van der Waals surface area contributed by atoms with Crippen LogP contribution in [0.1, 0.15) is 70.2 Å². The molecule has 1 aliphatic carbocycles. The summed E-state index contributed by atoms with van der Waals surface area (Å²) >= 11 is 1.45. The number of hydrogen-bond donors (Lipinski definition) is 2. The van der Waals surface area contributed by atoms with Crippen LogP contribution in [0.4, 0.5) is 5.00 Å². The average molecular weight is 491 g/mol. The molecule has 1 unspecified atom stereocenters. The van der Waals surface area contributed by atoms with Crippen molar-refractivity contribution in [3.63, 3.8) is 0 Å². The maximum atomic E-state index is 13.2. The number of amides is 2. The number of hydrogen-bond acceptors (Lipinski definition) is 6. The van der Waals surface area contributed by atoms with Crippen LogP contribution in [0, 0.1) is 0 Å². The molecule has 0 saturated carbocycles. The lowest BCUT2D eigenvalue weighted by Gasteiger charge is -2.15. The zero-order valence-corrected chi connectivity index (χ0v) is 20.4. The molecule has 4 rings (SSSR count). The average Bonchev–Trinajstić information content (AvgIpc) is 3.32. The Balaban J connectivity index is 1.50. The maximum Gasteiger partial charge on any atom is 0.256 e. The third-order valence-electron chi connectivity index (χ3n) is 6.08. The fraction of sp³-hybridized carbons (Fsp3) is 0.500. The van der Waals surface area contributed by atoms with Crippen molar-refractivity contribution in [2.45, 2.75) is 57.9 Å². The van der Waals surface area contributed by atoms with Gasteiger partial charge in [0.25, 0.3) is 11.8 Å². The van der Waals surface area contributed by atoms with E-state index in [1.54, 1.807) is 24.3 Å². The molecular formula is C24H30N2O5S2. The van der Waals surface area contributed by atoms with Crippen LogP contribution >= 0.6 is 11.3 Å². The molecular weight excluding hydrogens is 460 g/mol. The van der Waals surface area contributed by atoms with Crippen molar-refractivity contribution in [3.8, 4) is 5.75 Å². The first kappa shape index (κ1) is 23.8. The summed E-state index contributed by atoms with van der Waals surface area (Å²) in [6, 6.07) is 6.60. The lowest BCUT2D eigenvalue weighted by molar-refractivity contribution is 0.0941. The molecule has 1 aromatic carbocycles. The van der Waals surface area contributed by atoms with Crippen molar-refractivity contribution in [2.75, 3.05) is 23.4 Å². The molecule has 0 radical (unpaired) electrons. The van der Waals surface area contributed by atoms with Crippen LogP contribution in [-0.2, 0) is 22.7 Å². The van der Waals surface area contributed by atoms with Crippen LogP contribution in [0.15, 0.2) is 24.3 Å². The molecule has 2 N–H and O–H groups in total. The Kier molecular flexibility index (Phi) is 7.38. The lowest BCUT2D eigenvalue weighted by atomic mass is 9.95. The molecule has 0 spiro atoms. The van der Waals surface area contributed by atoms with Crippen molar-refractivity contribution >= 4 is 38.0 Å². The van der Waals surface area contributed by atoms with E-state index in [0.29, 0.717) is 29.2 Å². The van der Waals surface area contributed by atoms with E-state index >= 15 is 0 Å². The number of unbranched alkanes of at least 4 members (excludes halogenated alkanes) is 1. The molecule has 7 nitrogen and oxygen atoms in total. The molecule has 178 valence electrons. The van der Waals surface area contributed by atoms with Crippen LogP contribution in [0.2, 0.25) is 0 Å². The Morgan fingerprint density at radius 2 is 1.88 bits per heavy atom. The molecule has 1 fully saturated rings. The molecule has 1 saturated heterocycles. The summed E-state index contributed by atoms with van der Waals surface area (Å²) in [5.41, 5.74) is 1.96. The summed E-state index contributed by atoms with van der Waals surface area (Å²) in [4.78, 5) is 27.3. The van der Waals surface area contributed by atoms with Crippen LogP contribution in [0.5, 0.6) is 5.75 Å². The number of aryl methyl sites for hydroxylation is 1. The number of anilines is 1. The number of fused-ring (bicyclic) bond motifs is 1. The molecule has 1 atom stereocenters. The molecule has 2 heterocycles. The van der Waals surface area contributed by atoms with Crippen molar-refractivity contribution < 1.29 is 22.7 Å². The summed E-state index contributed by atoms with van der Waals surface area (Å²) in [5, 5.41) is 6.37. The standard InChI is InChI=1S/C24H30N2O5S2/c1-2-3-13-31-18-10-8-16(9-11-18)22(27)26-24-21(19-6-4-5-7-20(19)32-24)23(28)25-17-12-14-33(29,30)15-17/h8-11,17H,2-7,12-15H2,1H3,(H,25,28)(H,26,27). The number of ether oxygens (including phenoxy) is 1. The smallest absolute Gasteiger partial charge is 0.256 e. The van der Waals surface area contributed by atoms with Crippen molar-refractivity contribution in [2.24, 2.45) is 0 Å². The van der Waals surface area contributed by atoms with Gasteiger partial charge >= 0.3 is 0 Å². The van der Waals surface area contributed by atoms with Gasteiger partial charge in [-0.25, -0.2) is 8.42 Å². The Hall–Kier alpha value is -2.39. The Morgan fingerprint density at radius 1 is 1.12 bits per heavy atom. The van der Waals surface area contributed by atoms with E-state index in [1.807, 2.05) is 0 Å². The summed E-state index contributed by atoms with van der Waals surface area (Å²) in [7, 11) is -3.10. The Bertz CT molecular complexity index is 1120. The molecule has 2 amide bonds. The number of sulfone groups is 1. The molecule has 2 aromatic rings. The SMILES string of the molecule is CCCCOc1ccc(C(=O)Nc2sc3c(c2C(=O)NC2CCS(=O)(=O)C2)CCCC3)cc1. The van der Waals surface area contributed by atoms with Crippen molar-refractivity contribution in [3.05, 3.63) is 45.8 Å². The van der Waals surface area contributed by atoms with Crippen LogP contribution in [-0.4, -0.2) is 44.4 Å². The van der Waals surface area contributed by atoms with Crippen molar-refractivity contribution in [1.82, 2.24) is 5.32 Å². The number of carbonyl (C=O) groups is 2. The van der Waals surface area contributed by atoms with Gasteiger partial charge in [-0.2, -0.15) is 0 Å². The minimum absolute atomic E-state index is 0.0283. The monoisotopic (exact) mass is 490 g/mol. The van der Waals surface area contributed by atoms with Crippen LogP contribution in [0.3, 0.4) is 0 Å². The van der Waals surface area contributed by atoms with Gasteiger partial charge in [-0.15, -0.1) is 11.3 Å². The van der Waals surface area contributed by atoms with Gasteiger partial charge in [-0.1, -0.05) is 13.3 Å². The van der Waals surface area contributed by atoms with Gasteiger partial charge in [-0.05, 0) is 68.4 Å².